The lowest BCUT2D eigenvalue weighted by Crippen LogP contribution is -2.20. The molecule has 0 unspecified atom stereocenters. The summed E-state index contributed by atoms with van der Waals surface area (Å²) in [4.78, 5) is 0. The Morgan fingerprint density at radius 2 is 2.00 bits per heavy atom. The number of nitrogens with one attached hydrogen (secondary N) is 1. The second kappa shape index (κ2) is 5.67. The smallest absolute Gasteiger partial charge is 0.250 e. The molecule has 1 aromatic carbocycles. The average Bonchev–Trinajstić information content (AvgIpc) is 2.18. The summed E-state index contributed by atoms with van der Waals surface area (Å²) in [6, 6.07) is 7.21. The van der Waals surface area contributed by atoms with Crippen LogP contribution in [0.4, 0.5) is 8.78 Å². The Labute approximate surface area is 81.6 Å². The van der Waals surface area contributed by atoms with Crippen molar-refractivity contribution in [3.05, 3.63) is 35.4 Å². The maximum Gasteiger partial charge on any atom is 0.250 e. The Hall–Kier alpha value is -1.00. The molecule has 0 radical (unpaired) electrons. The third kappa shape index (κ3) is 3.81. The predicted octanol–water partition coefficient (Wildman–Crippen LogP) is 1.53. The molecule has 0 saturated carbocycles. The topological polar surface area (TPSA) is 32.3 Å². The number of benzene rings is 1. The summed E-state index contributed by atoms with van der Waals surface area (Å²) in [6.45, 7) is 0.0736. The number of hydrogen-bond donors (Lipinski definition) is 2. The van der Waals surface area contributed by atoms with E-state index in [9.17, 15) is 8.78 Å². The number of rotatable bonds is 5. The molecule has 4 heteroatoms. The first-order valence-corrected chi connectivity index (χ1v) is 4.40. The van der Waals surface area contributed by atoms with Gasteiger partial charge in [-0.2, -0.15) is 0 Å². The molecule has 0 spiro atoms. The fraction of sp³-hybridized carbons (Fsp3) is 0.400. The van der Waals surface area contributed by atoms with E-state index in [4.69, 9.17) is 5.11 Å². The van der Waals surface area contributed by atoms with Crippen LogP contribution in [0.5, 0.6) is 0 Å². The van der Waals surface area contributed by atoms with Gasteiger partial charge in [0.15, 0.2) is 0 Å². The van der Waals surface area contributed by atoms with Crippen LogP contribution in [-0.4, -0.2) is 18.1 Å². The molecule has 78 valence electrons. The zero-order valence-corrected chi connectivity index (χ0v) is 7.71. The fourth-order valence-electron chi connectivity index (χ4n) is 1.16. The van der Waals surface area contributed by atoms with Crippen molar-refractivity contribution < 1.29 is 13.9 Å². The molecule has 0 aliphatic rings. The molecule has 0 aliphatic carbocycles. The van der Waals surface area contributed by atoms with E-state index in [2.05, 4.69) is 5.32 Å². The van der Waals surface area contributed by atoms with Crippen molar-refractivity contribution in [1.82, 2.24) is 5.32 Å². The third-order valence-corrected chi connectivity index (χ3v) is 1.80. The molecule has 0 heterocycles. The van der Waals surface area contributed by atoms with E-state index in [-0.39, 0.29) is 13.2 Å². The van der Waals surface area contributed by atoms with Crippen LogP contribution in [0.2, 0.25) is 0 Å². The summed E-state index contributed by atoms with van der Waals surface area (Å²) in [7, 11) is 0. The normalized spacial score (nSPS) is 10.9. The minimum atomic E-state index is -2.32. The lowest BCUT2D eigenvalue weighted by Gasteiger charge is -2.05. The van der Waals surface area contributed by atoms with E-state index in [1.165, 1.54) is 0 Å². The standard InChI is InChI=1S/C10H13F2NO/c11-10(12)6-13-5-8-2-1-3-9(4-8)7-14/h1-4,10,13-14H,5-7H2. The molecular weight excluding hydrogens is 188 g/mol. The molecule has 0 amide bonds. The second-order valence-corrected chi connectivity index (χ2v) is 3.00. The molecule has 0 fully saturated rings. The van der Waals surface area contributed by atoms with Crippen molar-refractivity contribution in [2.75, 3.05) is 6.54 Å². The van der Waals surface area contributed by atoms with E-state index in [0.717, 1.165) is 11.1 Å². The Balaban J connectivity index is 2.42. The highest BCUT2D eigenvalue weighted by atomic mass is 19.3. The SMILES string of the molecule is OCc1cccc(CNCC(F)F)c1. The van der Waals surface area contributed by atoms with E-state index in [1.807, 2.05) is 6.07 Å². The summed E-state index contributed by atoms with van der Waals surface area (Å²) in [5.41, 5.74) is 1.69. The average molecular weight is 201 g/mol. The molecule has 1 aromatic rings. The monoisotopic (exact) mass is 201 g/mol. The van der Waals surface area contributed by atoms with Crippen molar-refractivity contribution in [3.8, 4) is 0 Å². The van der Waals surface area contributed by atoms with E-state index in [0.29, 0.717) is 6.54 Å². The zero-order chi connectivity index (χ0) is 10.4. The summed E-state index contributed by atoms with van der Waals surface area (Å²) in [5.74, 6) is 0. The molecule has 0 atom stereocenters. The van der Waals surface area contributed by atoms with Crippen LogP contribution in [0, 0.1) is 0 Å². The van der Waals surface area contributed by atoms with Gasteiger partial charge in [0.2, 0.25) is 0 Å². The van der Waals surface area contributed by atoms with E-state index in [1.54, 1.807) is 18.2 Å². The Morgan fingerprint density at radius 3 is 2.64 bits per heavy atom. The lowest BCUT2D eigenvalue weighted by atomic mass is 10.1. The van der Waals surface area contributed by atoms with Gasteiger partial charge in [-0.3, -0.25) is 0 Å². The highest BCUT2D eigenvalue weighted by Crippen LogP contribution is 2.04. The van der Waals surface area contributed by atoms with Crippen molar-refractivity contribution in [2.45, 2.75) is 19.6 Å². The Bertz CT molecular complexity index is 279. The Morgan fingerprint density at radius 1 is 1.29 bits per heavy atom. The first-order chi connectivity index (χ1) is 6.72. The summed E-state index contributed by atoms with van der Waals surface area (Å²) < 4.78 is 23.6. The maximum atomic E-state index is 11.8. The van der Waals surface area contributed by atoms with Gasteiger partial charge in [-0.1, -0.05) is 24.3 Å². The molecule has 0 bridgehead atoms. The van der Waals surface area contributed by atoms with Gasteiger partial charge in [0.1, 0.15) is 0 Å². The summed E-state index contributed by atoms with van der Waals surface area (Å²) in [5, 5.41) is 11.5. The first kappa shape index (κ1) is 11.1. The van der Waals surface area contributed by atoms with Gasteiger partial charge < -0.3 is 10.4 Å². The first-order valence-electron chi connectivity index (χ1n) is 4.40. The molecule has 0 saturated heterocycles. The van der Waals surface area contributed by atoms with Crippen LogP contribution in [0.3, 0.4) is 0 Å². The van der Waals surface area contributed by atoms with Gasteiger partial charge in [-0.05, 0) is 11.1 Å². The summed E-state index contributed by atoms with van der Waals surface area (Å²) in [6.07, 6.45) is -2.32. The molecule has 0 aliphatic heterocycles. The van der Waals surface area contributed by atoms with Crippen molar-refractivity contribution in [3.63, 3.8) is 0 Å². The minimum Gasteiger partial charge on any atom is -0.392 e. The van der Waals surface area contributed by atoms with Gasteiger partial charge >= 0.3 is 0 Å². The van der Waals surface area contributed by atoms with Crippen molar-refractivity contribution in [2.24, 2.45) is 0 Å². The van der Waals surface area contributed by atoms with Gasteiger partial charge in [-0.25, -0.2) is 8.78 Å². The molecule has 2 N–H and O–H groups in total. The van der Waals surface area contributed by atoms with Crippen LogP contribution >= 0.6 is 0 Å². The highest BCUT2D eigenvalue weighted by molar-refractivity contribution is 5.22. The largest absolute Gasteiger partial charge is 0.392 e. The number of aliphatic hydroxyl groups excluding tert-OH is 1. The van der Waals surface area contributed by atoms with E-state index < -0.39 is 6.43 Å². The van der Waals surface area contributed by atoms with Gasteiger partial charge in [0.05, 0.1) is 13.2 Å². The van der Waals surface area contributed by atoms with Crippen LogP contribution < -0.4 is 5.32 Å². The van der Waals surface area contributed by atoms with Gasteiger partial charge in [0.25, 0.3) is 6.43 Å². The van der Waals surface area contributed by atoms with Gasteiger partial charge in [0, 0.05) is 6.54 Å². The molecular formula is C10H13F2NO. The maximum absolute atomic E-state index is 11.8. The second-order valence-electron chi connectivity index (χ2n) is 3.00. The third-order valence-electron chi connectivity index (χ3n) is 1.80. The number of halogens is 2. The fourth-order valence-corrected chi connectivity index (χ4v) is 1.16. The summed E-state index contributed by atoms with van der Waals surface area (Å²) >= 11 is 0. The van der Waals surface area contributed by atoms with Crippen LogP contribution in [0.15, 0.2) is 24.3 Å². The van der Waals surface area contributed by atoms with Crippen LogP contribution in [-0.2, 0) is 13.2 Å². The number of aliphatic hydroxyl groups is 1. The van der Waals surface area contributed by atoms with Gasteiger partial charge in [-0.15, -0.1) is 0 Å². The van der Waals surface area contributed by atoms with Crippen molar-refractivity contribution in [1.29, 1.82) is 0 Å². The quantitative estimate of drug-likeness (QED) is 0.757. The molecule has 1 rings (SSSR count). The number of alkyl halides is 2. The van der Waals surface area contributed by atoms with Crippen LogP contribution in [0.1, 0.15) is 11.1 Å². The van der Waals surface area contributed by atoms with Crippen molar-refractivity contribution >= 4 is 0 Å². The molecule has 2 nitrogen and oxygen atoms in total. The molecule has 14 heavy (non-hydrogen) atoms. The zero-order valence-electron chi connectivity index (χ0n) is 7.71. The minimum absolute atomic E-state index is 0.0251. The predicted molar refractivity (Wildman–Crippen MR) is 50.1 cm³/mol. The van der Waals surface area contributed by atoms with E-state index >= 15 is 0 Å². The highest BCUT2D eigenvalue weighted by Gasteiger charge is 2.01. The Kier molecular flexibility index (Phi) is 4.49. The molecule has 0 aromatic heterocycles. The lowest BCUT2D eigenvalue weighted by molar-refractivity contribution is 0.145. The number of hydrogen-bond acceptors (Lipinski definition) is 2. The van der Waals surface area contributed by atoms with Crippen LogP contribution in [0.25, 0.3) is 0 Å².